The fourth-order valence-corrected chi connectivity index (χ4v) is 2.69. The predicted molar refractivity (Wildman–Crippen MR) is 69.8 cm³/mol. The Balaban J connectivity index is 2.24. The van der Waals surface area contributed by atoms with Crippen LogP contribution in [-0.4, -0.2) is 40.6 Å². The molecule has 1 atom stereocenters. The number of nitrogens with zero attached hydrogens (tertiary/aromatic N) is 1. The van der Waals surface area contributed by atoms with Gasteiger partial charge in [-0.05, 0) is 18.4 Å². The summed E-state index contributed by atoms with van der Waals surface area (Å²) in [4.78, 5) is 25.3. The van der Waals surface area contributed by atoms with Gasteiger partial charge in [-0.1, -0.05) is 12.1 Å². The SMILES string of the molecule is CSC(CCl)CN1C(=O)c2ccccc2C1=O. The van der Waals surface area contributed by atoms with Crippen molar-refractivity contribution in [3.05, 3.63) is 35.4 Å². The van der Waals surface area contributed by atoms with E-state index in [1.54, 1.807) is 36.0 Å². The summed E-state index contributed by atoms with van der Waals surface area (Å²) in [5, 5.41) is 0.0823. The number of carbonyl (C=O) groups is 2. The van der Waals surface area contributed by atoms with Crippen LogP contribution in [0.3, 0.4) is 0 Å². The monoisotopic (exact) mass is 269 g/mol. The lowest BCUT2D eigenvalue weighted by Gasteiger charge is -2.18. The first-order valence-corrected chi connectivity index (χ1v) is 7.05. The third-order valence-corrected chi connectivity index (χ3v) is 4.31. The zero-order chi connectivity index (χ0) is 12.4. The van der Waals surface area contributed by atoms with E-state index in [4.69, 9.17) is 11.6 Å². The molecule has 1 aromatic rings. The molecule has 17 heavy (non-hydrogen) atoms. The van der Waals surface area contributed by atoms with E-state index in [0.29, 0.717) is 23.6 Å². The van der Waals surface area contributed by atoms with Gasteiger partial charge < -0.3 is 0 Å². The van der Waals surface area contributed by atoms with Gasteiger partial charge >= 0.3 is 0 Å². The number of alkyl halides is 1. The van der Waals surface area contributed by atoms with Gasteiger partial charge in [-0.2, -0.15) is 11.8 Å². The maximum absolute atomic E-state index is 12.0. The summed E-state index contributed by atoms with van der Waals surface area (Å²) in [6, 6.07) is 6.90. The van der Waals surface area contributed by atoms with Gasteiger partial charge in [0.1, 0.15) is 0 Å². The molecule has 2 amide bonds. The number of thioether (sulfide) groups is 1. The molecule has 1 aliphatic rings. The molecule has 90 valence electrons. The molecule has 0 spiro atoms. The number of fused-ring (bicyclic) bond motifs is 1. The molecule has 0 radical (unpaired) electrons. The molecule has 2 rings (SSSR count). The summed E-state index contributed by atoms with van der Waals surface area (Å²) in [5.74, 6) is -0.00119. The van der Waals surface area contributed by atoms with E-state index in [-0.39, 0.29) is 17.1 Å². The van der Waals surface area contributed by atoms with Crippen molar-refractivity contribution in [1.29, 1.82) is 0 Å². The minimum Gasteiger partial charge on any atom is -0.273 e. The van der Waals surface area contributed by atoms with E-state index in [0.717, 1.165) is 0 Å². The lowest BCUT2D eigenvalue weighted by atomic mass is 10.1. The number of rotatable bonds is 4. The van der Waals surface area contributed by atoms with Crippen LogP contribution in [0.5, 0.6) is 0 Å². The van der Waals surface area contributed by atoms with Gasteiger partial charge in [-0.15, -0.1) is 11.6 Å². The maximum Gasteiger partial charge on any atom is 0.261 e. The topological polar surface area (TPSA) is 37.4 Å². The highest BCUT2D eigenvalue weighted by molar-refractivity contribution is 7.99. The Morgan fingerprint density at radius 2 is 1.76 bits per heavy atom. The summed E-state index contributed by atoms with van der Waals surface area (Å²) < 4.78 is 0. The number of hydrogen-bond acceptors (Lipinski definition) is 3. The second-order valence-corrected chi connectivity index (χ2v) is 5.23. The molecule has 1 heterocycles. The van der Waals surface area contributed by atoms with Gasteiger partial charge in [0.2, 0.25) is 0 Å². The molecule has 0 saturated carbocycles. The van der Waals surface area contributed by atoms with Crippen LogP contribution < -0.4 is 0 Å². The summed E-state index contributed by atoms with van der Waals surface area (Å²) in [5.41, 5.74) is 0.985. The molecule has 0 bridgehead atoms. The van der Waals surface area contributed by atoms with Crippen molar-refractivity contribution < 1.29 is 9.59 Å². The zero-order valence-corrected chi connectivity index (χ0v) is 10.9. The van der Waals surface area contributed by atoms with Gasteiger partial charge in [-0.25, -0.2) is 0 Å². The average Bonchev–Trinajstić information content (AvgIpc) is 2.61. The highest BCUT2D eigenvalue weighted by Crippen LogP contribution is 2.24. The minimum atomic E-state index is -0.213. The number of hydrogen-bond donors (Lipinski definition) is 0. The summed E-state index contributed by atoms with van der Waals surface area (Å²) in [6.45, 7) is 0.372. The number of benzene rings is 1. The van der Waals surface area contributed by atoms with Crippen LogP contribution in [0.1, 0.15) is 20.7 Å². The molecule has 3 nitrogen and oxygen atoms in total. The second kappa shape index (κ2) is 5.10. The Bertz CT molecular complexity index is 425. The number of amides is 2. The molecule has 1 unspecified atom stereocenters. The molecular formula is C12H12ClNO2S. The van der Waals surface area contributed by atoms with E-state index in [2.05, 4.69) is 0 Å². The molecule has 0 saturated heterocycles. The largest absolute Gasteiger partial charge is 0.273 e. The fourth-order valence-electron chi connectivity index (χ4n) is 1.79. The van der Waals surface area contributed by atoms with E-state index < -0.39 is 0 Å². The van der Waals surface area contributed by atoms with Gasteiger partial charge in [0.25, 0.3) is 11.8 Å². The van der Waals surface area contributed by atoms with Crippen molar-refractivity contribution >= 4 is 35.2 Å². The van der Waals surface area contributed by atoms with E-state index in [1.807, 2.05) is 6.26 Å². The number of imide groups is 1. The van der Waals surface area contributed by atoms with E-state index in [9.17, 15) is 9.59 Å². The van der Waals surface area contributed by atoms with Gasteiger partial charge in [-0.3, -0.25) is 14.5 Å². The highest BCUT2D eigenvalue weighted by Gasteiger charge is 2.35. The van der Waals surface area contributed by atoms with Crippen molar-refractivity contribution in [1.82, 2.24) is 4.90 Å². The first kappa shape index (κ1) is 12.5. The summed E-state index contributed by atoms with van der Waals surface area (Å²) in [6.07, 6.45) is 1.92. The smallest absolute Gasteiger partial charge is 0.261 e. The van der Waals surface area contributed by atoms with Crippen molar-refractivity contribution in [3.8, 4) is 0 Å². The number of carbonyl (C=O) groups excluding carboxylic acids is 2. The van der Waals surface area contributed by atoms with Crippen molar-refractivity contribution in [2.75, 3.05) is 18.7 Å². The molecule has 1 aliphatic heterocycles. The molecule has 1 aromatic carbocycles. The standard InChI is InChI=1S/C12H12ClNO2S/c1-17-8(6-13)7-14-11(15)9-4-2-3-5-10(9)12(14)16/h2-5,8H,6-7H2,1H3. The maximum atomic E-state index is 12.0. The van der Waals surface area contributed by atoms with Crippen LogP contribution in [0.2, 0.25) is 0 Å². The van der Waals surface area contributed by atoms with Crippen LogP contribution in [0.4, 0.5) is 0 Å². The van der Waals surface area contributed by atoms with Crippen LogP contribution >= 0.6 is 23.4 Å². The third kappa shape index (κ3) is 2.19. The van der Waals surface area contributed by atoms with Crippen LogP contribution in [0, 0.1) is 0 Å². The van der Waals surface area contributed by atoms with Crippen LogP contribution in [0.25, 0.3) is 0 Å². The normalized spacial score (nSPS) is 16.2. The molecular weight excluding hydrogens is 258 g/mol. The Morgan fingerprint density at radius 3 is 2.18 bits per heavy atom. The highest BCUT2D eigenvalue weighted by atomic mass is 35.5. The summed E-state index contributed by atoms with van der Waals surface area (Å²) in [7, 11) is 0. The van der Waals surface area contributed by atoms with Crippen LogP contribution in [-0.2, 0) is 0 Å². The van der Waals surface area contributed by atoms with Gasteiger partial charge in [0, 0.05) is 17.7 Å². The van der Waals surface area contributed by atoms with Crippen molar-refractivity contribution in [2.24, 2.45) is 0 Å². The second-order valence-electron chi connectivity index (χ2n) is 3.78. The quantitative estimate of drug-likeness (QED) is 0.622. The molecule has 0 aliphatic carbocycles. The minimum absolute atomic E-state index is 0.0823. The predicted octanol–water partition coefficient (Wildman–Crippen LogP) is 2.25. The van der Waals surface area contributed by atoms with E-state index in [1.165, 1.54) is 4.90 Å². The molecule has 0 fully saturated rings. The van der Waals surface area contributed by atoms with E-state index >= 15 is 0 Å². The first-order chi connectivity index (χ1) is 8.19. The zero-order valence-electron chi connectivity index (χ0n) is 9.35. The fraction of sp³-hybridized carbons (Fsp3) is 0.333. The Kier molecular flexibility index (Phi) is 3.74. The molecule has 5 heteroatoms. The Hall–Kier alpha value is -1.00. The first-order valence-electron chi connectivity index (χ1n) is 5.23. The van der Waals surface area contributed by atoms with Gasteiger partial charge in [0.05, 0.1) is 11.1 Å². The Morgan fingerprint density at radius 1 is 1.24 bits per heavy atom. The molecule has 0 aromatic heterocycles. The third-order valence-electron chi connectivity index (χ3n) is 2.77. The Labute approximate surface area is 109 Å². The van der Waals surface area contributed by atoms with Crippen LogP contribution in [0.15, 0.2) is 24.3 Å². The molecule has 0 N–H and O–H groups in total. The average molecular weight is 270 g/mol. The van der Waals surface area contributed by atoms with Crippen molar-refractivity contribution in [2.45, 2.75) is 5.25 Å². The van der Waals surface area contributed by atoms with Gasteiger partial charge in [0.15, 0.2) is 0 Å². The van der Waals surface area contributed by atoms with Crippen molar-refractivity contribution in [3.63, 3.8) is 0 Å². The lowest BCUT2D eigenvalue weighted by molar-refractivity contribution is 0.0657. The summed E-state index contributed by atoms with van der Waals surface area (Å²) >= 11 is 7.34. The lowest BCUT2D eigenvalue weighted by Crippen LogP contribution is -2.36. The number of halogens is 1.